The minimum Gasteiger partial charge on any atom is -0.310 e. The minimum absolute atomic E-state index is 0.274. The summed E-state index contributed by atoms with van der Waals surface area (Å²) < 4.78 is 0.951. The molecule has 1 unspecified atom stereocenters. The molecule has 0 radical (unpaired) electrons. The number of nitrogens with one attached hydrogen (secondary N) is 1. The van der Waals surface area contributed by atoms with Crippen LogP contribution in [0.3, 0.4) is 0 Å². The van der Waals surface area contributed by atoms with Gasteiger partial charge in [0, 0.05) is 16.9 Å². The van der Waals surface area contributed by atoms with Crippen LogP contribution >= 0.6 is 27.5 Å². The van der Waals surface area contributed by atoms with Gasteiger partial charge in [-0.3, -0.25) is 0 Å². The van der Waals surface area contributed by atoms with Crippen LogP contribution in [0.4, 0.5) is 0 Å². The predicted octanol–water partition coefficient (Wildman–Crippen LogP) is 4.95. The lowest BCUT2D eigenvalue weighted by Crippen LogP contribution is -2.22. The van der Waals surface area contributed by atoms with Gasteiger partial charge < -0.3 is 5.32 Å². The molecule has 18 heavy (non-hydrogen) atoms. The average molecular weight is 329 g/mol. The van der Waals surface area contributed by atoms with Gasteiger partial charge >= 0.3 is 0 Å². The van der Waals surface area contributed by atoms with E-state index in [9.17, 15) is 0 Å². The topological polar surface area (TPSA) is 12.0 Å². The molecule has 0 aliphatic rings. The van der Waals surface area contributed by atoms with Crippen molar-refractivity contribution >= 4 is 27.5 Å². The summed E-state index contributed by atoms with van der Waals surface area (Å²) in [4.78, 5) is 0. The van der Waals surface area contributed by atoms with E-state index in [0.29, 0.717) is 0 Å². The highest BCUT2D eigenvalue weighted by Crippen LogP contribution is 2.32. The van der Waals surface area contributed by atoms with Crippen molar-refractivity contribution in [2.24, 2.45) is 0 Å². The van der Waals surface area contributed by atoms with Gasteiger partial charge in [0.05, 0.1) is 5.02 Å². The maximum atomic E-state index is 6.36. The number of hydrogen-bond donors (Lipinski definition) is 1. The Kier molecular flexibility index (Phi) is 7.42. The zero-order chi connectivity index (χ0) is 13.4. The largest absolute Gasteiger partial charge is 0.310 e. The fourth-order valence-corrected chi connectivity index (χ4v) is 2.46. The molecule has 0 fully saturated rings. The quantitative estimate of drug-likeness (QED) is 0.729. The molecule has 1 N–H and O–H groups in total. The van der Waals surface area contributed by atoms with E-state index in [2.05, 4.69) is 46.1 Å². The standard InChI is InChI=1S/C15H19BrClN/c1-3-5-6-10-14(18-11-4-2)12-8-7-9-13(16)15(12)17/h7-9,14,18H,4,6,10-11H2,1-2H3. The second-order valence-electron chi connectivity index (χ2n) is 4.12. The molecular formula is C15H19BrClN. The maximum absolute atomic E-state index is 6.36. The van der Waals surface area contributed by atoms with Crippen molar-refractivity contribution in [1.82, 2.24) is 5.32 Å². The molecular weight excluding hydrogens is 310 g/mol. The Labute approximate surface area is 123 Å². The van der Waals surface area contributed by atoms with Crippen LogP contribution in [-0.4, -0.2) is 6.54 Å². The van der Waals surface area contributed by atoms with Crippen LogP contribution in [0.2, 0.25) is 5.02 Å². The van der Waals surface area contributed by atoms with Crippen LogP contribution in [0.1, 0.15) is 44.7 Å². The molecule has 1 aromatic carbocycles. The third kappa shape index (κ3) is 4.65. The summed E-state index contributed by atoms with van der Waals surface area (Å²) in [6, 6.07) is 6.35. The molecule has 0 amide bonds. The van der Waals surface area contributed by atoms with Gasteiger partial charge in [-0.1, -0.05) is 30.7 Å². The van der Waals surface area contributed by atoms with E-state index in [1.165, 1.54) is 0 Å². The zero-order valence-corrected chi connectivity index (χ0v) is 13.2. The first-order valence-electron chi connectivity index (χ1n) is 6.27. The lowest BCUT2D eigenvalue weighted by Gasteiger charge is -2.19. The van der Waals surface area contributed by atoms with Crippen molar-refractivity contribution < 1.29 is 0 Å². The van der Waals surface area contributed by atoms with Crippen LogP contribution in [-0.2, 0) is 0 Å². The molecule has 0 saturated carbocycles. The van der Waals surface area contributed by atoms with Crippen molar-refractivity contribution in [3.05, 3.63) is 33.3 Å². The van der Waals surface area contributed by atoms with E-state index < -0.39 is 0 Å². The molecule has 3 heteroatoms. The lowest BCUT2D eigenvalue weighted by molar-refractivity contribution is 0.505. The smallest absolute Gasteiger partial charge is 0.0595 e. The summed E-state index contributed by atoms with van der Waals surface area (Å²) in [7, 11) is 0. The van der Waals surface area contributed by atoms with Crippen LogP contribution in [0.15, 0.2) is 22.7 Å². The lowest BCUT2D eigenvalue weighted by atomic mass is 10.0. The van der Waals surface area contributed by atoms with Gasteiger partial charge in [-0.05, 0) is 53.9 Å². The van der Waals surface area contributed by atoms with Gasteiger partial charge in [-0.2, -0.15) is 0 Å². The Morgan fingerprint density at radius 3 is 2.89 bits per heavy atom. The number of rotatable bonds is 6. The fraction of sp³-hybridized carbons (Fsp3) is 0.467. The Morgan fingerprint density at radius 1 is 1.44 bits per heavy atom. The molecule has 1 atom stereocenters. The summed E-state index contributed by atoms with van der Waals surface area (Å²) >= 11 is 9.83. The highest BCUT2D eigenvalue weighted by atomic mass is 79.9. The maximum Gasteiger partial charge on any atom is 0.0595 e. The van der Waals surface area contributed by atoms with Crippen molar-refractivity contribution in [3.63, 3.8) is 0 Å². The van der Waals surface area contributed by atoms with Crippen molar-refractivity contribution in [1.29, 1.82) is 0 Å². The first-order chi connectivity index (χ1) is 8.70. The number of hydrogen-bond acceptors (Lipinski definition) is 1. The second-order valence-corrected chi connectivity index (χ2v) is 5.35. The summed E-state index contributed by atoms with van der Waals surface area (Å²) in [6.07, 6.45) is 2.99. The summed E-state index contributed by atoms with van der Waals surface area (Å²) in [5, 5.41) is 4.34. The van der Waals surface area contributed by atoms with Crippen molar-refractivity contribution in [3.8, 4) is 11.8 Å². The van der Waals surface area contributed by atoms with E-state index >= 15 is 0 Å². The Bertz CT molecular complexity index is 434. The Balaban J connectivity index is 2.85. The summed E-state index contributed by atoms with van der Waals surface area (Å²) in [5.41, 5.74) is 1.15. The first kappa shape index (κ1) is 15.6. The van der Waals surface area contributed by atoms with Crippen molar-refractivity contribution in [2.75, 3.05) is 6.54 Å². The van der Waals surface area contributed by atoms with Gasteiger partial charge in [-0.15, -0.1) is 11.8 Å². The summed E-state index contributed by atoms with van der Waals surface area (Å²) in [6.45, 7) is 5.03. The molecule has 0 spiro atoms. The molecule has 98 valence electrons. The molecule has 0 aromatic heterocycles. The molecule has 0 bridgehead atoms. The van der Waals surface area contributed by atoms with Crippen LogP contribution in [0.25, 0.3) is 0 Å². The van der Waals surface area contributed by atoms with Crippen molar-refractivity contribution in [2.45, 2.75) is 39.2 Å². The molecule has 0 aliphatic carbocycles. The number of halogens is 2. The van der Waals surface area contributed by atoms with Crippen LogP contribution < -0.4 is 5.32 Å². The normalized spacial score (nSPS) is 11.8. The van der Waals surface area contributed by atoms with Gasteiger partial charge in [0.25, 0.3) is 0 Å². The molecule has 1 aromatic rings. The highest BCUT2D eigenvalue weighted by Gasteiger charge is 2.14. The zero-order valence-electron chi connectivity index (χ0n) is 10.9. The number of benzene rings is 1. The van der Waals surface area contributed by atoms with Gasteiger partial charge in [0.1, 0.15) is 0 Å². The monoisotopic (exact) mass is 327 g/mol. The van der Waals surface area contributed by atoms with E-state index in [1.54, 1.807) is 0 Å². The molecule has 1 nitrogen and oxygen atoms in total. The van der Waals surface area contributed by atoms with E-state index in [4.69, 9.17) is 11.6 Å². The third-order valence-electron chi connectivity index (χ3n) is 2.73. The Morgan fingerprint density at radius 2 is 2.22 bits per heavy atom. The highest BCUT2D eigenvalue weighted by molar-refractivity contribution is 9.10. The SMILES string of the molecule is CC#CCCC(NCCC)c1cccc(Br)c1Cl. The Hall–Kier alpha value is -0.490. The molecule has 0 heterocycles. The van der Waals surface area contributed by atoms with Gasteiger partial charge in [-0.25, -0.2) is 0 Å². The fourth-order valence-electron chi connectivity index (χ4n) is 1.82. The van der Waals surface area contributed by atoms with Crippen LogP contribution in [0.5, 0.6) is 0 Å². The summed E-state index contributed by atoms with van der Waals surface area (Å²) in [5.74, 6) is 6.05. The molecule has 1 rings (SSSR count). The van der Waals surface area contributed by atoms with E-state index in [1.807, 2.05) is 19.1 Å². The average Bonchev–Trinajstić information content (AvgIpc) is 2.37. The van der Waals surface area contributed by atoms with E-state index in [-0.39, 0.29) is 6.04 Å². The molecule has 0 saturated heterocycles. The third-order valence-corrected chi connectivity index (χ3v) is 4.04. The minimum atomic E-state index is 0.274. The first-order valence-corrected chi connectivity index (χ1v) is 7.44. The predicted molar refractivity (Wildman–Crippen MR) is 82.9 cm³/mol. The van der Waals surface area contributed by atoms with Crippen LogP contribution in [0, 0.1) is 11.8 Å². The van der Waals surface area contributed by atoms with Gasteiger partial charge in [0.2, 0.25) is 0 Å². The molecule has 0 aliphatic heterocycles. The van der Waals surface area contributed by atoms with Gasteiger partial charge in [0.15, 0.2) is 0 Å². The second kappa shape index (κ2) is 8.58. The van der Waals surface area contributed by atoms with E-state index in [0.717, 1.165) is 40.9 Å².